The number of nitrogens with zero attached hydrogens (tertiary/aromatic N) is 3. The molecule has 0 radical (unpaired) electrons. The Morgan fingerprint density at radius 3 is 1.16 bits per heavy atom. The van der Waals surface area contributed by atoms with Crippen LogP contribution in [0.4, 0.5) is 9.59 Å². The van der Waals surface area contributed by atoms with Crippen molar-refractivity contribution in [3.05, 3.63) is 142 Å². The van der Waals surface area contributed by atoms with Crippen LogP contribution in [0.15, 0.2) is 102 Å². The predicted molar refractivity (Wildman–Crippen MR) is 270 cm³/mol. The molecule has 3 atom stereocenters. The molecule has 12 nitrogen and oxygen atoms in total. The molecule has 0 fully saturated rings. The number of ether oxygens (including phenoxy) is 5. The van der Waals surface area contributed by atoms with Crippen LogP contribution >= 0.6 is 0 Å². The summed E-state index contributed by atoms with van der Waals surface area (Å²) in [5, 5.41) is 11.4. The van der Waals surface area contributed by atoms with Gasteiger partial charge in [-0.05, 0) is 128 Å². The van der Waals surface area contributed by atoms with E-state index >= 15 is 0 Å². The van der Waals surface area contributed by atoms with E-state index in [1.54, 1.807) is 31.1 Å². The van der Waals surface area contributed by atoms with E-state index in [9.17, 15) is 14.4 Å². The zero-order valence-corrected chi connectivity index (χ0v) is 43.1. The first-order valence-electron chi connectivity index (χ1n) is 23.3. The van der Waals surface area contributed by atoms with E-state index in [1.165, 1.54) is 35.1 Å². The van der Waals surface area contributed by atoms with E-state index in [4.69, 9.17) is 28.9 Å². The van der Waals surface area contributed by atoms with Crippen molar-refractivity contribution in [1.29, 1.82) is 0 Å². The summed E-state index contributed by atoms with van der Waals surface area (Å²) in [5.41, 5.74) is 7.51. The fraction of sp³-hybridized carbons (Fsp3) is 0.491. The summed E-state index contributed by atoms with van der Waals surface area (Å²) in [6, 6.07) is 31.7. The highest BCUT2D eigenvalue weighted by molar-refractivity contribution is 5.79. The van der Waals surface area contributed by atoms with Crippen molar-refractivity contribution in [2.45, 2.75) is 145 Å². The van der Waals surface area contributed by atoms with E-state index in [0.717, 1.165) is 40.7 Å². The van der Waals surface area contributed by atoms with Crippen LogP contribution in [0.1, 0.15) is 164 Å². The first-order valence-corrected chi connectivity index (χ1v) is 23.3. The number of hydrogen-bond acceptors (Lipinski definition) is 10. The predicted octanol–water partition coefficient (Wildman–Crippen LogP) is 13.3. The van der Waals surface area contributed by atoms with E-state index in [-0.39, 0.29) is 30.5 Å². The van der Waals surface area contributed by atoms with Crippen LogP contribution in [-0.4, -0.2) is 84.8 Å². The Morgan fingerprint density at radius 2 is 0.866 bits per heavy atom. The van der Waals surface area contributed by atoms with Crippen molar-refractivity contribution < 1.29 is 43.3 Å². The molecule has 2 amide bonds. The lowest BCUT2D eigenvalue weighted by atomic mass is 10.1. The molecule has 4 aromatic carbocycles. The lowest BCUT2D eigenvalue weighted by molar-refractivity contribution is 0.0275. The van der Waals surface area contributed by atoms with Crippen molar-refractivity contribution in [1.82, 2.24) is 9.80 Å². The van der Waals surface area contributed by atoms with E-state index in [1.807, 2.05) is 137 Å². The maximum Gasteiger partial charge on any atom is 0.410 e. The minimum Gasteiger partial charge on any atom is -0.444 e. The molecule has 0 saturated carbocycles. The second-order valence-corrected chi connectivity index (χ2v) is 18.0. The van der Waals surface area contributed by atoms with Gasteiger partial charge >= 0.3 is 12.2 Å². The summed E-state index contributed by atoms with van der Waals surface area (Å²) >= 11 is 0. The Hall–Kier alpha value is -5.56. The van der Waals surface area contributed by atoms with E-state index < -0.39 is 11.2 Å². The molecule has 1 N–H and O–H groups in total. The highest BCUT2D eigenvalue weighted by Crippen LogP contribution is 2.20. The lowest BCUT2D eigenvalue weighted by Gasteiger charge is -2.24. The fourth-order valence-electron chi connectivity index (χ4n) is 6.15. The van der Waals surface area contributed by atoms with E-state index in [2.05, 4.69) is 43.3 Å². The van der Waals surface area contributed by atoms with Crippen LogP contribution in [0.2, 0.25) is 0 Å². The van der Waals surface area contributed by atoms with Gasteiger partial charge in [-0.1, -0.05) is 116 Å². The second-order valence-electron chi connectivity index (χ2n) is 18.0. The van der Waals surface area contributed by atoms with Crippen LogP contribution in [-0.2, 0) is 43.2 Å². The third kappa shape index (κ3) is 25.8. The topological polar surface area (TPSA) is 136 Å². The smallest absolute Gasteiger partial charge is 0.410 e. The molecule has 370 valence electrons. The Labute approximate surface area is 402 Å². The van der Waals surface area contributed by atoms with E-state index in [0.29, 0.717) is 31.9 Å². The molecule has 12 heteroatoms. The van der Waals surface area contributed by atoms with Gasteiger partial charge in [0.25, 0.3) is 0 Å². The lowest BCUT2D eigenvalue weighted by Crippen LogP contribution is -2.33. The average molecular weight is 928 g/mol. The van der Waals surface area contributed by atoms with Gasteiger partial charge in [0.1, 0.15) is 17.5 Å². The molecule has 3 unspecified atom stereocenters. The number of aldehydes is 1. The summed E-state index contributed by atoms with van der Waals surface area (Å²) < 4.78 is 27.1. The summed E-state index contributed by atoms with van der Waals surface area (Å²) in [7, 11) is 3.43. The highest BCUT2D eigenvalue weighted by Gasteiger charge is 2.21. The van der Waals surface area contributed by atoms with Crippen molar-refractivity contribution in [3.63, 3.8) is 0 Å². The normalized spacial score (nSPS) is 12.4. The van der Waals surface area contributed by atoms with Crippen LogP contribution in [0.25, 0.3) is 0 Å². The molecule has 0 aliphatic rings. The van der Waals surface area contributed by atoms with Gasteiger partial charge in [-0.2, -0.15) is 0 Å². The molecule has 0 aromatic heterocycles. The van der Waals surface area contributed by atoms with Crippen molar-refractivity contribution in [3.8, 4) is 0 Å². The Bertz CT molecular complexity index is 1990. The number of benzene rings is 4. The number of aryl methyl sites for hydroxylation is 1. The number of carbonyl (C=O) groups excluding carboxylic acids is 3. The fourth-order valence-corrected chi connectivity index (χ4v) is 6.15. The average Bonchev–Trinajstić information content (AvgIpc) is 3.27. The maximum absolute atomic E-state index is 11.9. The summed E-state index contributed by atoms with van der Waals surface area (Å²) in [4.78, 5) is 37.2. The van der Waals surface area contributed by atoms with Crippen LogP contribution < -0.4 is 0 Å². The molecule has 0 aliphatic heterocycles. The molecule has 67 heavy (non-hydrogen) atoms. The van der Waals surface area contributed by atoms with Gasteiger partial charge < -0.3 is 38.7 Å². The molecular weight excluding hydrogens is 847 g/mol. The Morgan fingerprint density at radius 1 is 0.552 bits per heavy atom. The SMILES string of the molecule is CCCc1ccc(C(C)OCC)cc1.CCOC(C)c1ccc(C=O)cc1.CCOC(C)c1ccc(CN(C)C(=O)OC(C)(C)C)cc1.CN(Cc1ccc(/C=N/O)cc1)C(=O)OC(C)(C)C. The third-order valence-electron chi connectivity index (χ3n) is 9.67. The molecule has 0 spiro atoms. The first kappa shape index (κ1) is 59.5. The zero-order chi connectivity index (χ0) is 50.6. The largest absolute Gasteiger partial charge is 0.444 e. The monoisotopic (exact) mass is 928 g/mol. The molecule has 0 aliphatic carbocycles. The van der Waals surface area contributed by atoms with Crippen LogP contribution in [0.3, 0.4) is 0 Å². The van der Waals surface area contributed by atoms with Gasteiger partial charge in [0.15, 0.2) is 0 Å². The number of rotatable bonds is 17. The van der Waals surface area contributed by atoms with Gasteiger partial charge in [0.05, 0.1) is 24.5 Å². The number of carbonyl (C=O) groups is 3. The number of oxime groups is 1. The van der Waals surface area contributed by atoms with Crippen molar-refractivity contribution in [2.24, 2.45) is 5.16 Å². The zero-order valence-electron chi connectivity index (χ0n) is 43.1. The molecular formula is C55H81N3O9. The van der Waals surface area contributed by atoms with Crippen LogP contribution in [0.5, 0.6) is 0 Å². The minimum absolute atomic E-state index is 0.0904. The van der Waals surface area contributed by atoms with Gasteiger partial charge in [0, 0.05) is 52.6 Å². The summed E-state index contributed by atoms with van der Waals surface area (Å²) in [5.74, 6) is 0. The molecule has 4 aromatic rings. The maximum atomic E-state index is 11.9. The van der Waals surface area contributed by atoms with Crippen molar-refractivity contribution >= 4 is 24.7 Å². The molecule has 0 saturated heterocycles. The Kier molecular flexibility index (Phi) is 27.9. The Balaban J connectivity index is 0.000000455. The minimum atomic E-state index is -0.493. The van der Waals surface area contributed by atoms with Crippen molar-refractivity contribution in [2.75, 3.05) is 33.9 Å². The third-order valence-corrected chi connectivity index (χ3v) is 9.67. The first-order chi connectivity index (χ1) is 31.6. The van der Waals surface area contributed by atoms with Crippen LogP contribution in [0, 0.1) is 0 Å². The van der Waals surface area contributed by atoms with Gasteiger partial charge in [-0.25, -0.2) is 9.59 Å². The highest BCUT2D eigenvalue weighted by atomic mass is 16.6. The summed E-state index contributed by atoms with van der Waals surface area (Å²) in [6.07, 6.45) is 4.32. The summed E-state index contributed by atoms with van der Waals surface area (Å²) in [6.45, 7) is 28.6. The standard InChI is InChI=1S/C17H27NO3.C14H20N2O3.C13H20O.C11H14O2/c1-7-20-13(2)15-10-8-14(9-11-15)12-18(6)16(19)21-17(3,4)5;1-14(2,3)19-13(17)16(4)10-12-7-5-11(6-8-12)9-15-18;1-4-6-12-7-9-13(10-8-12)11(3)14-5-2;1-3-13-9(2)11-6-4-10(8-12)5-7-11/h8-11,13H,7,12H2,1-6H3;5-9,18H,10H2,1-4H3;7-11H,4-6H2,1-3H3;4-9H,3H2,1-2H3/b;15-9+;;. The van der Waals surface area contributed by atoms with Gasteiger partial charge in [-0.3, -0.25) is 4.79 Å². The number of hydrogen-bond donors (Lipinski definition) is 1. The van der Waals surface area contributed by atoms with Gasteiger partial charge in [-0.15, -0.1) is 0 Å². The second kappa shape index (κ2) is 31.4. The quantitative estimate of drug-likeness (QED) is 0.0475. The molecule has 0 bridgehead atoms. The molecule has 4 rings (SSSR count). The van der Waals surface area contributed by atoms with Gasteiger partial charge in [0.2, 0.25) is 0 Å². The number of amides is 2. The molecule has 0 heterocycles.